The van der Waals surface area contributed by atoms with E-state index in [9.17, 15) is 4.79 Å². The van der Waals surface area contributed by atoms with Gasteiger partial charge in [0.15, 0.2) is 5.11 Å². The minimum Gasteiger partial charge on any atom is -0.480 e. The number of carboxylic acids is 1. The fourth-order valence-electron chi connectivity index (χ4n) is 0.276. The molecule has 0 aromatic heterocycles. The van der Waals surface area contributed by atoms with Crippen molar-refractivity contribution >= 4 is 23.3 Å². The Kier molecular flexibility index (Phi) is 3.67. The number of hydrogen-bond acceptors (Lipinski definition) is 3. The van der Waals surface area contributed by atoms with Crippen LogP contribution in [0.4, 0.5) is 0 Å². The summed E-state index contributed by atoms with van der Waals surface area (Å²) in [5, 5.41) is 11.9. The molecule has 0 bridgehead atoms. The molecule has 4 N–H and O–H groups in total. The van der Waals surface area contributed by atoms with E-state index in [1.165, 1.54) is 7.05 Å². The van der Waals surface area contributed by atoms with Crippen molar-refractivity contribution in [1.29, 1.82) is 0 Å². The fraction of sp³-hybridized carbons (Fsp3) is 0.500. The molecule has 0 amide bonds. The van der Waals surface area contributed by atoms with Crippen LogP contribution in [0.3, 0.4) is 0 Å². The van der Waals surface area contributed by atoms with Crippen LogP contribution >= 0.6 is 12.2 Å². The molecule has 0 rings (SSSR count). The second kappa shape index (κ2) is 4.02. The highest BCUT2D eigenvalue weighted by Gasteiger charge is 1.99. The zero-order valence-corrected chi connectivity index (χ0v) is 6.31. The highest BCUT2D eigenvalue weighted by atomic mass is 32.1. The first-order chi connectivity index (χ1) is 4.54. The monoisotopic (exact) mass is 163 g/mol. The van der Waals surface area contributed by atoms with Crippen LogP contribution in [0, 0.1) is 0 Å². The van der Waals surface area contributed by atoms with Gasteiger partial charge < -0.3 is 10.4 Å². The molecular weight excluding hydrogens is 154 g/mol. The van der Waals surface area contributed by atoms with Crippen LogP contribution in [0.25, 0.3) is 0 Å². The highest BCUT2D eigenvalue weighted by Crippen LogP contribution is 1.72. The summed E-state index contributed by atoms with van der Waals surface area (Å²) in [6.07, 6.45) is 0. The summed E-state index contributed by atoms with van der Waals surface area (Å²) in [4.78, 5) is 9.94. The van der Waals surface area contributed by atoms with E-state index in [-0.39, 0.29) is 11.7 Å². The fourth-order valence-corrected chi connectivity index (χ4v) is 0.348. The Morgan fingerprint density at radius 2 is 2.40 bits per heavy atom. The molecule has 0 aromatic rings. The zero-order valence-electron chi connectivity index (χ0n) is 5.50. The van der Waals surface area contributed by atoms with Crippen LogP contribution in [0.15, 0.2) is 0 Å². The van der Waals surface area contributed by atoms with Crippen molar-refractivity contribution in [2.45, 2.75) is 0 Å². The molecule has 10 heavy (non-hydrogen) atoms. The summed E-state index contributed by atoms with van der Waals surface area (Å²) in [6, 6.07) is 0. The van der Waals surface area contributed by atoms with E-state index < -0.39 is 5.97 Å². The summed E-state index contributed by atoms with van der Waals surface area (Å²) >= 11 is 4.62. The van der Waals surface area contributed by atoms with E-state index in [0.29, 0.717) is 0 Å². The lowest BCUT2D eigenvalue weighted by Crippen LogP contribution is -2.43. The van der Waals surface area contributed by atoms with E-state index in [4.69, 9.17) is 10.9 Å². The maximum Gasteiger partial charge on any atom is 0.322 e. The van der Waals surface area contributed by atoms with Gasteiger partial charge in [-0.1, -0.05) is 0 Å². The third-order valence-electron chi connectivity index (χ3n) is 0.711. The second-order valence-electron chi connectivity index (χ2n) is 1.66. The van der Waals surface area contributed by atoms with Gasteiger partial charge in [0.1, 0.15) is 6.54 Å². The van der Waals surface area contributed by atoms with Gasteiger partial charge in [-0.3, -0.25) is 9.80 Å². The van der Waals surface area contributed by atoms with Gasteiger partial charge in [0.2, 0.25) is 0 Å². The van der Waals surface area contributed by atoms with Crippen molar-refractivity contribution in [1.82, 2.24) is 10.3 Å². The minimum absolute atomic E-state index is 0.208. The molecule has 0 spiro atoms. The first-order valence-corrected chi connectivity index (χ1v) is 2.93. The third-order valence-corrected chi connectivity index (χ3v) is 1.14. The summed E-state index contributed by atoms with van der Waals surface area (Å²) in [5.41, 5.74) is 0. The first kappa shape index (κ1) is 9.12. The first-order valence-electron chi connectivity index (χ1n) is 2.52. The van der Waals surface area contributed by atoms with Gasteiger partial charge in [-0.2, -0.15) is 0 Å². The lowest BCUT2D eigenvalue weighted by atomic mass is 10.6. The number of aliphatic carboxylic acids is 1. The molecular formula is C4H9N3O2S. The van der Waals surface area contributed by atoms with Crippen molar-refractivity contribution in [2.24, 2.45) is 5.84 Å². The number of rotatable bonds is 2. The zero-order chi connectivity index (χ0) is 8.15. The summed E-state index contributed by atoms with van der Waals surface area (Å²) in [6.45, 7) is -0.208. The molecule has 0 aliphatic rings. The van der Waals surface area contributed by atoms with Crippen molar-refractivity contribution in [2.75, 3.05) is 13.6 Å². The standard InChI is InChI=1S/C4H9N3O2S/c1-7(5)4(10)6-2-3(8)9/h2,5H2,1H3,(H,6,10)(H,8,9). The maximum atomic E-state index is 9.94. The quantitative estimate of drug-likeness (QED) is 0.268. The molecule has 0 radical (unpaired) electrons. The Morgan fingerprint density at radius 1 is 1.90 bits per heavy atom. The Bertz CT molecular complexity index is 147. The van der Waals surface area contributed by atoms with Crippen LogP contribution in [0.2, 0.25) is 0 Å². The molecule has 0 unspecified atom stereocenters. The van der Waals surface area contributed by atoms with Crippen molar-refractivity contribution in [3.8, 4) is 0 Å². The van der Waals surface area contributed by atoms with E-state index in [1.54, 1.807) is 0 Å². The van der Waals surface area contributed by atoms with Crippen LogP contribution in [-0.4, -0.2) is 34.8 Å². The van der Waals surface area contributed by atoms with Gasteiger partial charge in [0.25, 0.3) is 0 Å². The molecule has 5 nitrogen and oxygen atoms in total. The molecule has 0 fully saturated rings. The Labute approximate surface area is 63.8 Å². The van der Waals surface area contributed by atoms with E-state index in [0.717, 1.165) is 5.01 Å². The number of thiocarbonyl (C=S) groups is 1. The van der Waals surface area contributed by atoms with Crippen LogP contribution in [0.1, 0.15) is 0 Å². The number of nitrogens with one attached hydrogen (secondary N) is 1. The van der Waals surface area contributed by atoms with Gasteiger partial charge in [-0.05, 0) is 12.2 Å². The number of hydrogen-bond donors (Lipinski definition) is 3. The van der Waals surface area contributed by atoms with E-state index in [2.05, 4.69) is 17.5 Å². The second-order valence-corrected chi connectivity index (χ2v) is 2.05. The van der Waals surface area contributed by atoms with Gasteiger partial charge in [0.05, 0.1) is 0 Å². The topological polar surface area (TPSA) is 78.6 Å². The van der Waals surface area contributed by atoms with Crippen molar-refractivity contribution in [3.05, 3.63) is 0 Å². The highest BCUT2D eigenvalue weighted by molar-refractivity contribution is 7.80. The summed E-state index contributed by atoms with van der Waals surface area (Å²) in [7, 11) is 1.52. The number of carboxylic acid groups (broad SMARTS) is 1. The molecule has 6 heteroatoms. The molecule has 0 atom stereocenters. The van der Waals surface area contributed by atoms with Gasteiger partial charge in [-0.15, -0.1) is 0 Å². The molecule has 0 heterocycles. The largest absolute Gasteiger partial charge is 0.480 e. The van der Waals surface area contributed by atoms with E-state index in [1.807, 2.05) is 0 Å². The Hall–Kier alpha value is -0.880. The lowest BCUT2D eigenvalue weighted by molar-refractivity contribution is -0.135. The average Bonchev–Trinajstić information content (AvgIpc) is 1.82. The summed E-state index contributed by atoms with van der Waals surface area (Å²) in [5.74, 6) is 4.19. The molecule has 0 saturated carbocycles. The minimum atomic E-state index is -0.968. The van der Waals surface area contributed by atoms with Gasteiger partial charge in [-0.25, -0.2) is 5.84 Å². The number of nitrogens with zero attached hydrogens (tertiary/aromatic N) is 1. The average molecular weight is 163 g/mol. The van der Waals surface area contributed by atoms with Crippen LogP contribution < -0.4 is 11.2 Å². The van der Waals surface area contributed by atoms with Gasteiger partial charge >= 0.3 is 5.97 Å². The maximum absolute atomic E-state index is 9.94. The number of hydrazine groups is 1. The smallest absolute Gasteiger partial charge is 0.322 e. The van der Waals surface area contributed by atoms with Crippen LogP contribution in [0.5, 0.6) is 0 Å². The molecule has 0 aromatic carbocycles. The van der Waals surface area contributed by atoms with E-state index >= 15 is 0 Å². The lowest BCUT2D eigenvalue weighted by Gasteiger charge is -2.12. The Balaban J connectivity index is 3.50. The van der Waals surface area contributed by atoms with Crippen LogP contribution in [-0.2, 0) is 4.79 Å². The predicted molar refractivity (Wildman–Crippen MR) is 40.2 cm³/mol. The SMILES string of the molecule is CN(N)C(=S)NCC(=O)O. The number of carbonyl (C=O) groups is 1. The number of nitrogens with two attached hydrogens (primary N) is 1. The third kappa shape index (κ3) is 4.04. The molecule has 0 aliphatic heterocycles. The van der Waals surface area contributed by atoms with Gasteiger partial charge in [0, 0.05) is 7.05 Å². The molecule has 0 saturated heterocycles. The van der Waals surface area contributed by atoms with Crippen molar-refractivity contribution in [3.63, 3.8) is 0 Å². The van der Waals surface area contributed by atoms with Crippen molar-refractivity contribution < 1.29 is 9.90 Å². The normalized spacial score (nSPS) is 8.60. The Morgan fingerprint density at radius 3 is 2.70 bits per heavy atom. The molecule has 58 valence electrons. The predicted octanol–water partition coefficient (Wildman–Crippen LogP) is -1.25. The molecule has 0 aliphatic carbocycles. The summed E-state index contributed by atoms with van der Waals surface area (Å²) < 4.78 is 0.